The van der Waals surface area contributed by atoms with Crippen LogP contribution in [0, 0.1) is 6.92 Å². The van der Waals surface area contributed by atoms with Crippen LogP contribution in [0.5, 0.6) is 5.75 Å². The molecule has 1 fully saturated rings. The summed E-state index contributed by atoms with van der Waals surface area (Å²) in [6, 6.07) is 11.9. The van der Waals surface area contributed by atoms with Crippen LogP contribution in [0.2, 0.25) is 0 Å². The number of aliphatic hydroxyl groups excluding tert-OH is 1. The Balaban J connectivity index is 1.66. The molecular weight excluding hydrogens is 516 g/mol. The standard InChI is InChI=1S/C30H30N2O6S/c1-6-37-29(36)27-17(5)31-30(39-27)32-24(19-9-7-18(8-10-19)15(2)3)23(26(34)28(32)35)25(33)20-11-12-22-21(14-20)13-16(4)38-22/h7-12,14-16,24,33H,6,13H2,1-5H3/b25-23+. The first-order chi connectivity index (χ1) is 18.6. The van der Waals surface area contributed by atoms with Crippen LogP contribution in [-0.2, 0) is 20.7 Å². The van der Waals surface area contributed by atoms with Crippen molar-refractivity contribution in [3.63, 3.8) is 0 Å². The average molecular weight is 547 g/mol. The molecule has 2 atom stereocenters. The molecule has 2 aromatic carbocycles. The maximum Gasteiger partial charge on any atom is 0.350 e. The molecule has 8 nitrogen and oxygen atoms in total. The Bertz CT molecular complexity index is 1500. The van der Waals surface area contributed by atoms with Crippen molar-refractivity contribution in [2.75, 3.05) is 11.5 Å². The van der Waals surface area contributed by atoms with Gasteiger partial charge in [-0.3, -0.25) is 14.5 Å². The molecule has 1 saturated heterocycles. The van der Waals surface area contributed by atoms with Crippen molar-refractivity contribution in [3.05, 3.63) is 80.9 Å². The number of fused-ring (bicyclic) bond motifs is 1. The molecule has 1 amide bonds. The van der Waals surface area contributed by atoms with E-state index in [0.717, 1.165) is 28.2 Å². The zero-order chi connectivity index (χ0) is 28.0. The molecule has 9 heteroatoms. The summed E-state index contributed by atoms with van der Waals surface area (Å²) >= 11 is 0.990. The maximum absolute atomic E-state index is 13.5. The molecule has 0 saturated carbocycles. The Labute approximate surface area is 230 Å². The molecule has 0 spiro atoms. The summed E-state index contributed by atoms with van der Waals surface area (Å²) in [5.74, 6) is -1.42. The van der Waals surface area contributed by atoms with Gasteiger partial charge in [-0.05, 0) is 61.6 Å². The lowest BCUT2D eigenvalue weighted by molar-refractivity contribution is -0.132. The van der Waals surface area contributed by atoms with Gasteiger partial charge in [0.1, 0.15) is 22.5 Å². The van der Waals surface area contributed by atoms with Crippen molar-refractivity contribution in [1.82, 2.24) is 4.98 Å². The summed E-state index contributed by atoms with van der Waals surface area (Å²) in [6.45, 7) is 9.68. The lowest BCUT2D eigenvalue weighted by Crippen LogP contribution is -2.29. The summed E-state index contributed by atoms with van der Waals surface area (Å²) in [7, 11) is 0. The number of hydrogen-bond acceptors (Lipinski definition) is 8. The Morgan fingerprint density at radius 1 is 1.21 bits per heavy atom. The van der Waals surface area contributed by atoms with Gasteiger partial charge in [0.15, 0.2) is 5.13 Å². The van der Waals surface area contributed by atoms with E-state index in [1.54, 1.807) is 32.0 Å². The van der Waals surface area contributed by atoms with Crippen LogP contribution in [0.15, 0.2) is 48.0 Å². The Hall–Kier alpha value is -3.98. The van der Waals surface area contributed by atoms with Gasteiger partial charge in [0.2, 0.25) is 0 Å². The van der Waals surface area contributed by atoms with E-state index in [2.05, 4.69) is 18.8 Å². The molecule has 0 radical (unpaired) electrons. The number of hydrogen-bond donors (Lipinski definition) is 1. The molecule has 3 aromatic rings. The number of amides is 1. The number of aromatic nitrogens is 1. The highest BCUT2D eigenvalue weighted by Gasteiger charge is 2.48. The summed E-state index contributed by atoms with van der Waals surface area (Å²) in [4.78, 5) is 45.5. The minimum absolute atomic E-state index is 0.0178. The second-order valence-corrected chi connectivity index (χ2v) is 11.1. The minimum Gasteiger partial charge on any atom is -0.507 e. The molecule has 1 N–H and O–H groups in total. The first-order valence-electron chi connectivity index (χ1n) is 13.0. The van der Waals surface area contributed by atoms with Crippen molar-refractivity contribution < 1.29 is 29.0 Å². The highest BCUT2D eigenvalue weighted by atomic mass is 32.1. The number of Topliss-reactive ketones (excluding diaryl/α,β-unsaturated/α-hetero) is 1. The third kappa shape index (κ3) is 4.71. The Morgan fingerprint density at radius 3 is 2.59 bits per heavy atom. The quantitative estimate of drug-likeness (QED) is 0.183. The number of ketones is 1. The number of rotatable bonds is 6. The van der Waals surface area contributed by atoms with Crippen LogP contribution < -0.4 is 9.64 Å². The number of nitrogens with zero attached hydrogens (tertiary/aromatic N) is 2. The van der Waals surface area contributed by atoms with Gasteiger partial charge in [-0.2, -0.15) is 0 Å². The lowest BCUT2D eigenvalue weighted by atomic mass is 9.93. The maximum atomic E-state index is 13.5. The summed E-state index contributed by atoms with van der Waals surface area (Å²) in [5, 5.41) is 11.7. The molecule has 2 aliphatic rings. The number of anilines is 1. The molecule has 2 aliphatic heterocycles. The van der Waals surface area contributed by atoms with Crippen molar-refractivity contribution in [1.29, 1.82) is 0 Å². The smallest absolute Gasteiger partial charge is 0.350 e. The Kier molecular flexibility index (Phi) is 7.03. The number of carbonyl (C=O) groups excluding carboxylic acids is 3. The Morgan fingerprint density at radius 2 is 1.92 bits per heavy atom. The zero-order valence-electron chi connectivity index (χ0n) is 22.5. The SMILES string of the molecule is CCOC(=O)c1sc(N2C(=O)C(=O)/C(=C(/O)c3ccc4c(c3)CC(C)O4)C2c2ccc(C(C)C)cc2)nc1C. The van der Waals surface area contributed by atoms with Gasteiger partial charge >= 0.3 is 11.9 Å². The van der Waals surface area contributed by atoms with E-state index < -0.39 is 23.7 Å². The van der Waals surface area contributed by atoms with Crippen molar-refractivity contribution >= 4 is 39.9 Å². The number of aliphatic hydroxyl groups is 1. The first kappa shape index (κ1) is 26.6. The fourth-order valence-corrected chi connectivity index (χ4v) is 5.99. The minimum atomic E-state index is -0.935. The van der Waals surface area contributed by atoms with Crippen molar-refractivity contribution in [2.24, 2.45) is 0 Å². The van der Waals surface area contributed by atoms with Crippen LogP contribution >= 0.6 is 11.3 Å². The molecule has 5 rings (SSSR count). The normalized spacial score (nSPS) is 19.9. The number of carbonyl (C=O) groups is 3. The average Bonchev–Trinajstić information content (AvgIpc) is 3.55. The lowest BCUT2D eigenvalue weighted by Gasteiger charge is -2.23. The van der Waals surface area contributed by atoms with Gasteiger partial charge in [-0.15, -0.1) is 0 Å². The number of benzene rings is 2. The third-order valence-electron chi connectivity index (χ3n) is 6.98. The van der Waals surface area contributed by atoms with Gasteiger partial charge in [-0.25, -0.2) is 9.78 Å². The number of esters is 1. The van der Waals surface area contributed by atoms with Gasteiger partial charge in [0.25, 0.3) is 5.78 Å². The van der Waals surface area contributed by atoms with E-state index in [4.69, 9.17) is 9.47 Å². The fraction of sp³-hybridized carbons (Fsp3) is 0.333. The fourth-order valence-electron chi connectivity index (χ4n) is 5.00. The van der Waals surface area contributed by atoms with Crippen molar-refractivity contribution in [3.8, 4) is 5.75 Å². The van der Waals surface area contributed by atoms with E-state index in [1.165, 1.54) is 4.90 Å². The number of ether oxygens (including phenoxy) is 2. The molecule has 202 valence electrons. The van der Waals surface area contributed by atoms with Gasteiger partial charge in [0.05, 0.1) is 23.9 Å². The third-order valence-corrected chi connectivity index (χ3v) is 8.12. The van der Waals surface area contributed by atoms with E-state index in [0.29, 0.717) is 23.2 Å². The van der Waals surface area contributed by atoms with Crippen LogP contribution in [0.3, 0.4) is 0 Å². The number of aryl methyl sites for hydroxylation is 1. The van der Waals surface area contributed by atoms with Crippen LogP contribution in [0.4, 0.5) is 5.13 Å². The van der Waals surface area contributed by atoms with Crippen LogP contribution in [0.1, 0.15) is 77.3 Å². The van der Waals surface area contributed by atoms with E-state index >= 15 is 0 Å². The van der Waals surface area contributed by atoms with Crippen LogP contribution in [0.25, 0.3) is 5.76 Å². The van der Waals surface area contributed by atoms with E-state index in [-0.39, 0.29) is 40.0 Å². The highest BCUT2D eigenvalue weighted by Crippen LogP contribution is 2.44. The van der Waals surface area contributed by atoms with Crippen molar-refractivity contribution in [2.45, 2.75) is 59.1 Å². The molecule has 39 heavy (non-hydrogen) atoms. The second-order valence-electron chi connectivity index (χ2n) is 10.1. The largest absolute Gasteiger partial charge is 0.507 e. The van der Waals surface area contributed by atoms with E-state index in [1.807, 2.05) is 31.2 Å². The van der Waals surface area contributed by atoms with Gasteiger partial charge in [0, 0.05) is 12.0 Å². The van der Waals surface area contributed by atoms with Gasteiger partial charge < -0.3 is 14.6 Å². The summed E-state index contributed by atoms with van der Waals surface area (Å²) in [5.41, 5.74) is 3.46. The molecular formula is C30H30N2O6S. The van der Waals surface area contributed by atoms with Gasteiger partial charge in [-0.1, -0.05) is 49.4 Å². The molecule has 1 aromatic heterocycles. The number of thiazole rings is 1. The molecule has 0 bridgehead atoms. The van der Waals surface area contributed by atoms with E-state index in [9.17, 15) is 19.5 Å². The summed E-state index contributed by atoms with van der Waals surface area (Å²) in [6.07, 6.45) is 0.698. The molecule has 2 unspecified atom stereocenters. The second kappa shape index (κ2) is 10.3. The predicted molar refractivity (Wildman–Crippen MR) is 148 cm³/mol. The topological polar surface area (TPSA) is 106 Å². The van der Waals surface area contributed by atoms with Crippen LogP contribution in [-0.4, -0.2) is 40.5 Å². The zero-order valence-corrected chi connectivity index (χ0v) is 23.3. The summed E-state index contributed by atoms with van der Waals surface area (Å²) < 4.78 is 10.9. The predicted octanol–water partition coefficient (Wildman–Crippen LogP) is 5.70. The molecule has 0 aliphatic carbocycles. The first-order valence-corrected chi connectivity index (χ1v) is 13.8. The monoisotopic (exact) mass is 546 g/mol. The molecule has 3 heterocycles. The highest BCUT2D eigenvalue weighted by molar-refractivity contribution is 7.17.